The van der Waals surface area contributed by atoms with Gasteiger partial charge in [-0.05, 0) is 19.4 Å². The fourth-order valence-electron chi connectivity index (χ4n) is 2.47. The highest BCUT2D eigenvalue weighted by atomic mass is 32.2. The number of nitrogens with one attached hydrogen (secondary N) is 1. The summed E-state index contributed by atoms with van der Waals surface area (Å²) >= 11 is 1.99. The van der Waals surface area contributed by atoms with Crippen molar-refractivity contribution >= 4 is 17.7 Å². The number of carbonyl (C=O) groups excluding carboxylic acids is 1. The van der Waals surface area contributed by atoms with Gasteiger partial charge in [0.1, 0.15) is 0 Å². The van der Waals surface area contributed by atoms with E-state index in [1.807, 2.05) is 11.8 Å². The average Bonchev–Trinajstić information content (AvgIpc) is 2.67. The predicted octanol–water partition coefficient (Wildman–Crippen LogP) is 1.09. The van der Waals surface area contributed by atoms with E-state index < -0.39 is 0 Å². The van der Waals surface area contributed by atoms with Gasteiger partial charge in [0.25, 0.3) is 0 Å². The third-order valence-corrected chi connectivity index (χ3v) is 4.32. The first-order chi connectivity index (χ1) is 7.16. The van der Waals surface area contributed by atoms with Crippen LogP contribution >= 0.6 is 11.8 Å². The zero-order valence-electron chi connectivity index (χ0n) is 9.53. The van der Waals surface area contributed by atoms with Gasteiger partial charge < -0.3 is 10.2 Å². The minimum atomic E-state index is 0.104. The van der Waals surface area contributed by atoms with E-state index >= 15 is 0 Å². The topological polar surface area (TPSA) is 32.3 Å². The van der Waals surface area contributed by atoms with Gasteiger partial charge in [-0.2, -0.15) is 11.8 Å². The molecule has 0 aromatic rings. The molecule has 0 radical (unpaired) electrons. The number of hydrogen-bond donors (Lipinski definition) is 1. The second-order valence-electron chi connectivity index (χ2n) is 4.65. The molecule has 3 unspecified atom stereocenters. The largest absolute Gasteiger partial charge is 0.339 e. The minimum Gasteiger partial charge on any atom is -0.339 e. The fourth-order valence-corrected chi connectivity index (χ4v) is 3.80. The van der Waals surface area contributed by atoms with Crippen molar-refractivity contribution in [3.8, 4) is 0 Å². The van der Waals surface area contributed by atoms with E-state index in [4.69, 9.17) is 0 Å². The summed E-state index contributed by atoms with van der Waals surface area (Å²) in [7, 11) is 0. The van der Waals surface area contributed by atoms with Crippen molar-refractivity contribution in [2.24, 2.45) is 0 Å². The maximum absolute atomic E-state index is 12.1. The first-order valence-corrected chi connectivity index (χ1v) is 6.78. The maximum atomic E-state index is 12.1. The van der Waals surface area contributed by atoms with E-state index in [0.29, 0.717) is 16.4 Å². The van der Waals surface area contributed by atoms with Crippen LogP contribution in [0.4, 0.5) is 0 Å². The van der Waals surface area contributed by atoms with Gasteiger partial charge in [0.2, 0.25) is 5.91 Å². The molecule has 4 heteroatoms. The lowest BCUT2D eigenvalue weighted by molar-refractivity contribution is -0.133. The van der Waals surface area contributed by atoms with Crippen molar-refractivity contribution in [1.29, 1.82) is 0 Å². The Labute approximate surface area is 96.0 Å². The standard InChI is InChI=1S/C11H20N2OS/c1-8-6-13(7-9(2)15-8)11(14)10-4-3-5-12-10/h8-10,12H,3-7H2,1-2H3. The zero-order chi connectivity index (χ0) is 10.8. The summed E-state index contributed by atoms with van der Waals surface area (Å²) in [5.41, 5.74) is 0. The van der Waals surface area contributed by atoms with Crippen LogP contribution in [-0.2, 0) is 4.79 Å². The first-order valence-electron chi connectivity index (χ1n) is 5.84. The minimum absolute atomic E-state index is 0.104. The molecule has 1 N–H and O–H groups in total. The third-order valence-electron chi connectivity index (χ3n) is 3.09. The maximum Gasteiger partial charge on any atom is 0.239 e. The molecule has 3 atom stereocenters. The molecule has 2 saturated heterocycles. The lowest BCUT2D eigenvalue weighted by atomic mass is 10.2. The van der Waals surface area contributed by atoms with Crippen LogP contribution in [0.1, 0.15) is 26.7 Å². The Morgan fingerprint density at radius 2 is 2.00 bits per heavy atom. The van der Waals surface area contributed by atoms with E-state index in [2.05, 4.69) is 24.1 Å². The Bertz CT molecular complexity index is 231. The summed E-state index contributed by atoms with van der Waals surface area (Å²) < 4.78 is 0. The molecule has 0 aromatic heterocycles. The Hall–Kier alpha value is -0.220. The van der Waals surface area contributed by atoms with Crippen LogP contribution < -0.4 is 5.32 Å². The predicted molar refractivity (Wildman–Crippen MR) is 64.1 cm³/mol. The average molecular weight is 228 g/mol. The molecule has 0 aromatic carbocycles. The smallest absolute Gasteiger partial charge is 0.239 e. The first kappa shape index (κ1) is 11.3. The summed E-state index contributed by atoms with van der Waals surface area (Å²) in [6, 6.07) is 0.104. The summed E-state index contributed by atoms with van der Waals surface area (Å²) in [4.78, 5) is 14.2. The van der Waals surface area contributed by atoms with Gasteiger partial charge in [-0.15, -0.1) is 0 Å². The monoisotopic (exact) mass is 228 g/mol. The Morgan fingerprint density at radius 1 is 1.33 bits per heavy atom. The van der Waals surface area contributed by atoms with E-state index in [0.717, 1.165) is 32.5 Å². The van der Waals surface area contributed by atoms with Crippen molar-refractivity contribution in [3.63, 3.8) is 0 Å². The van der Waals surface area contributed by atoms with E-state index in [1.54, 1.807) is 0 Å². The van der Waals surface area contributed by atoms with Crippen LogP contribution in [0.15, 0.2) is 0 Å². The van der Waals surface area contributed by atoms with Crippen LogP contribution in [0, 0.1) is 0 Å². The number of thioether (sulfide) groups is 1. The summed E-state index contributed by atoms with van der Waals surface area (Å²) in [5.74, 6) is 0.325. The molecular formula is C11H20N2OS. The molecule has 0 bridgehead atoms. The van der Waals surface area contributed by atoms with Gasteiger partial charge in [0.05, 0.1) is 6.04 Å². The van der Waals surface area contributed by atoms with Gasteiger partial charge in [-0.3, -0.25) is 4.79 Å². The summed E-state index contributed by atoms with van der Waals surface area (Å²) in [5, 5.41) is 4.45. The van der Waals surface area contributed by atoms with Crippen LogP contribution in [0.5, 0.6) is 0 Å². The number of carbonyl (C=O) groups is 1. The highest BCUT2D eigenvalue weighted by molar-refractivity contribution is 8.00. The van der Waals surface area contributed by atoms with Crippen LogP contribution in [-0.4, -0.2) is 47.0 Å². The van der Waals surface area contributed by atoms with Crippen molar-refractivity contribution in [1.82, 2.24) is 10.2 Å². The van der Waals surface area contributed by atoms with Crippen molar-refractivity contribution < 1.29 is 4.79 Å². The molecule has 0 spiro atoms. The molecule has 0 saturated carbocycles. The van der Waals surface area contributed by atoms with Crippen LogP contribution in [0.25, 0.3) is 0 Å². The van der Waals surface area contributed by atoms with Crippen molar-refractivity contribution in [2.75, 3.05) is 19.6 Å². The summed E-state index contributed by atoms with van der Waals surface area (Å²) in [6.45, 7) is 7.27. The number of amides is 1. The van der Waals surface area contributed by atoms with E-state index in [1.165, 1.54) is 0 Å². The molecule has 2 fully saturated rings. The number of rotatable bonds is 1. The molecule has 2 rings (SSSR count). The van der Waals surface area contributed by atoms with Gasteiger partial charge in [0.15, 0.2) is 0 Å². The number of nitrogens with zero attached hydrogens (tertiary/aromatic N) is 1. The van der Waals surface area contributed by atoms with Gasteiger partial charge in [-0.1, -0.05) is 13.8 Å². The molecule has 2 aliphatic heterocycles. The van der Waals surface area contributed by atoms with Crippen LogP contribution in [0.2, 0.25) is 0 Å². The van der Waals surface area contributed by atoms with Crippen LogP contribution in [0.3, 0.4) is 0 Å². The quantitative estimate of drug-likeness (QED) is 0.729. The molecule has 3 nitrogen and oxygen atoms in total. The molecule has 2 heterocycles. The highest BCUT2D eigenvalue weighted by Crippen LogP contribution is 2.25. The SMILES string of the molecule is CC1CN(C(=O)C2CCCN2)CC(C)S1. The molecule has 15 heavy (non-hydrogen) atoms. The van der Waals surface area contributed by atoms with Gasteiger partial charge >= 0.3 is 0 Å². The summed E-state index contributed by atoms with van der Waals surface area (Å²) in [6.07, 6.45) is 2.16. The second-order valence-corrected chi connectivity index (χ2v) is 6.53. The zero-order valence-corrected chi connectivity index (χ0v) is 10.3. The number of hydrogen-bond acceptors (Lipinski definition) is 3. The molecule has 2 aliphatic rings. The lowest BCUT2D eigenvalue weighted by Gasteiger charge is -2.36. The fraction of sp³-hybridized carbons (Fsp3) is 0.909. The van der Waals surface area contributed by atoms with Gasteiger partial charge in [-0.25, -0.2) is 0 Å². The van der Waals surface area contributed by atoms with E-state index in [-0.39, 0.29) is 6.04 Å². The molecular weight excluding hydrogens is 208 g/mol. The third kappa shape index (κ3) is 2.67. The van der Waals surface area contributed by atoms with Crippen molar-refractivity contribution in [3.05, 3.63) is 0 Å². The molecule has 86 valence electrons. The van der Waals surface area contributed by atoms with E-state index in [9.17, 15) is 4.79 Å². The molecule has 1 amide bonds. The lowest BCUT2D eigenvalue weighted by Crippen LogP contribution is -2.50. The molecule has 0 aliphatic carbocycles. The normalized spacial score (nSPS) is 36.9. The Kier molecular flexibility index (Phi) is 3.57. The second kappa shape index (κ2) is 4.74. The highest BCUT2D eigenvalue weighted by Gasteiger charge is 2.31. The Morgan fingerprint density at radius 3 is 2.53 bits per heavy atom. The van der Waals surface area contributed by atoms with Gasteiger partial charge in [0, 0.05) is 23.6 Å². The Balaban J connectivity index is 1.93. The van der Waals surface area contributed by atoms with Crippen molar-refractivity contribution in [2.45, 2.75) is 43.2 Å².